The maximum Gasteiger partial charge on any atom is 0.221 e. The van der Waals surface area contributed by atoms with Crippen LogP contribution in [0.4, 0.5) is 4.39 Å². The smallest absolute Gasteiger partial charge is 0.221 e. The van der Waals surface area contributed by atoms with Gasteiger partial charge in [-0.05, 0) is 18.2 Å². The van der Waals surface area contributed by atoms with Crippen LogP contribution in [0.15, 0.2) is 36.7 Å². The first-order valence-electron chi connectivity index (χ1n) is 4.43. The van der Waals surface area contributed by atoms with Crippen LogP contribution in [0.3, 0.4) is 0 Å². The summed E-state index contributed by atoms with van der Waals surface area (Å²) >= 11 is 5.56. The van der Waals surface area contributed by atoms with Crippen LogP contribution in [0.1, 0.15) is 5.69 Å². The van der Waals surface area contributed by atoms with Crippen molar-refractivity contribution in [3.63, 3.8) is 0 Å². The van der Waals surface area contributed by atoms with E-state index in [2.05, 4.69) is 9.97 Å². The molecule has 0 atom stereocenters. The first-order chi connectivity index (χ1) is 7.31. The molecule has 0 N–H and O–H groups in total. The molecule has 15 heavy (non-hydrogen) atoms. The van der Waals surface area contributed by atoms with Gasteiger partial charge >= 0.3 is 0 Å². The van der Waals surface area contributed by atoms with Gasteiger partial charge < -0.3 is 0 Å². The Balaban J connectivity index is 2.46. The molecule has 0 spiro atoms. The predicted octanol–water partition coefficient (Wildman–Crippen LogP) is 3.02. The molecule has 2 rings (SSSR count). The van der Waals surface area contributed by atoms with Crippen molar-refractivity contribution < 1.29 is 4.39 Å². The Morgan fingerprint density at radius 2 is 2.13 bits per heavy atom. The standard InChI is InChI=1S/C11H8ClFN2/c12-6-9-3-4-10(11(13)15-9)8-2-1-5-14-7-8/h1-5,7H,6H2. The molecule has 0 bridgehead atoms. The summed E-state index contributed by atoms with van der Waals surface area (Å²) in [7, 11) is 0. The molecule has 0 unspecified atom stereocenters. The van der Waals surface area contributed by atoms with E-state index >= 15 is 0 Å². The third kappa shape index (κ3) is 2.13. The van der Waals surface area contributed by atoms with E-state index in [4.69, 9.17) is 11.6 Å². The van der Waals surface area contributed by atoms with Gasteiger partial charge in [-0.1, -0.05) is 6.07 Å². The first-order valence-corrected chi connectivity index (χ1v) is 4.96. The minimum Gasteiger partial charge on any atom is -0.264 e. The molecule has 0 fully saturated rings. The van der Waals surface area contributed by atoms with Gasteiger partial charge in [0.05, 0.1) is 11.6 Å². The fraction of sp³-hybridized carbons (Fsp3) is 0.0909. The van der Waals surface area contributed by atoms with Gasteiger partial charge in [0, 0.05) is 23.5 Å². The zero-order valence-corrected chi connectivity index (χ0v) is 8.58. The number of alkyl halides is 1. The Bertz CT molecular complexity index is 459. The summed E-state index contributed by atoms with van der Waals surface area (Å²) < 4.78 is 13.5. The van der Waals surface area contributed by atoms with Gasteiger partial charge in [-0.2, -0.15) is 4.39 Å². The van der Waals surface area contributed by atoms with E-state index in [9.17, 15) is 4.39 Å². The average Bonchev–Trinajstić information content (AvgIpc) is 2.30. The summed E-state index contributed by atoms with van der Waals surface area (Å²) in [4.78, 5) is 7.67. The summed E-state index contributed by atoms with van der Waals surface area (Å²) in [6, 6.07) is 6.91. The van der Waals surface area contributed by atoms with Crippen molar-refractivity contribution >= 4 is 11.6 Å². The van der Waals surface area contributed by atoms with E-state index in [1.807, 2.05) is 0 Å². The lowest BCUT2D eigenvalue weighted by molar-refractivity contribution is 0.583. The molecule has 0 saturated heterocycles. The van der Waals surface area contributed by atoms with E-state index < -0.39 is 5.95 Å². The highest BCUT2D eigenvalue weighted by Crippen LogP contribution is 2.20. The van der Waals surface area contributed by atoms with Crippen molar-refractivity contribution in [2.24, 2.45) is 0 Å². The maximum absolute atomic E-state index is 13.5. The topological polar surface area (TPSA) is 25.8 Å². The van der Waals surface area contributed by atoms with Gasteiger partial charge in [-0.25, -0.2) is 4.98 Å². The molecule has 2 aromatic rings. The van der Waals surface area contributed by atoms with Crippen LogP contribution in [0.5, 0.6) is 0 Å². The lowest BCUT2D eigenvalue weighted by Crippen LogP contribution is -1.93. The van der Waals surface area contributed by atoms with Gasteiger partial charge in [-0.3, -0.25) is 4.98 Å². The second-order valence-electron chi connectivity index (χ2n) is 3.02. The van der Waals surface area contributed by atoms with Crippen molar-refractivity contribution in [3.8, 4) is 11.1 Å². The van der Waals surface area contributed by atoms with Gasteiger partial charge in [0.2, 0.25) is 5.95 Å². The molecule has 2 heterocycles. The third-order valence-corrected chi connectivity index (χ3v) is 2.29. The van der Waals surface area contributed by atoms with Crippen LogP contribution >= 0.6 is 11.6 Å². The number of aromatic nitrogens is 2. The number of rotatable bonds is 2. The average molecular weight is 223 g/mol. The molecule has 0 aliphatic carbocycles. The Hall–Kier alpha value is -1.48. The molecule has 2 nitrogen and oxygen atoms in total. The molecule has 2 aromatic heterocycles. The van der Waals surface area contributed by atoms with Gasteiger partial charge in [0.1, 0.15) is 0 Å². The van der Waals surface area contributed by atoms with Crippen LogP contribution < -0.4 is 0 Å². The summed E-state index contributed by atoms with van der Waals surface area (Å²) in [6.07, 6.45) is 3.24. The molecule has 0 radical (unpaired) electrons. The monoisotopic (exact) mass is 222 g/mol. The highest BCUT2D eigenvalue weighted by molar-refractivity contribution is 6.16. The maximum atomic E-state index is 13.5. The van der Waals surface area contributed by atoms with Gasteiger partial charge in [0.15, 0.2) is 0 Å². The Morgan fingerprint density at radius 3 is 2.73 bits per heavy atom. The molecule has 0 amide bonds. The molecular formula is C11H8ClFN2. The second kappa shape index (κ2) is 4.36. The summed E-state index contributed by atoms with van der Waals surface area (Å²) in [6.45, 7) is 0. The SMILES string of the molecule is Fc1nc(CCl)ccc1-c1cccnc1. The van der Waals surface area contributed by atoms with Crippen LogP contribution in [0.2, 0.25) is 0 Å². The van der Waals surface area contributed by atoms with Crippen molar-refractivity contribution in [2.45, 2.75) is 5.88 Å². The first kappa shape index (κ1) is 10.1. The van der Waals surface area contributed by atoms with E-state index in [1.54, 1.807) is 36.7 Å². The Kier molecular flexibility index (Phi) is 2.92. The zero-order chi connectivity index (χ0) is 10.7. The van der Waals surface area contributed by atoms with Crippen molar-refractivity contribution in [1.29, 1.82) is 0 Å². The lowest BCUT2D eigenvalue weighted by atomic mass is 10.1. The van der Waals surface area contributed by atoms with E-state index in [-0.39, 0.29) is 5.88 Å². The van der Waals surface area contributed by atoms with Crippen LogP contribution in [0, 0.1) is 5.95 Å². The fourth-order valence-corrected chi connectivity index (χ4v) is 1.43. The van der Waals surface area contributed by atoms with Crippen molar-refractivity contribution in [3.05, 3.63) is 48.3 Å². The molecular weight excluding hydrogens is 215 g/mol. The quantitative estimate of drug-likeness (QED) is 0.577. The number of halogens is 2. The molecule has 0 aromatic carbocycles. The molecule has 0 aliphatic rings. The number of nitrogens with zero attached hydrogens (tertiary/aromatic N) is 2. The van der Waals surface area contributed by atoms with E-state index in [0.29, 0.717) is 16.8 Å². The van der Waals surface area contributed by atoms with Crippen molar-refractivity contribution in [1.82, 2.24) is 9.97 Å². The van der Waals surface area contributed by atoms with E-state index in [0.717, 1.165) is 0 Å². The zero-order valence-electron chi connectivity index (χ0n) is 7.82. The van der Waals surface area contributed by atoms with Crippen LogP contribution in [0.25, 0.3) is 11.1 Å². The Labute approximate surface area is 91.8 Å². The fourth-order valence-electron chi connectivity index (χ4n) is 1.28. The third-order valence-electron chi connectivity index (χ3n) is 2.02. The largest absolute Gasteiger partial charge is 0.264 e. The molecule has 4 heteroatoms. The second-order valence-corrected chi connectivity index (χ2v) is 3.28. The van der Waals surface area contributed by atoms with Gasteiger partial charge in [0.25, 0.3) is 0 Å². The highest BCUT2D eigenvalue weighted by atomic mass is 35.5. The summed E-state index contributed by atoms with van der Waals surface area (Å²) in [5, 5.41) is 0. The summed E-state index contributed by atoms with van der Waals surface area (Å²) in [5.74, 6) is -0.300. The summed E-state index contributed by atoms with van der Waals surface area (Å²) in [5.41, 5.74) is 1.68. The minimum absolute atomic E-state index is 0.213. The lowest BCUT2D eigenvalue weighted by Gasteiger charge is -2.03. The highest BCUT2D eigenvalue weighted by Gasteiger charge is 2.06. The number of hydrogen-bond donors (Lipinski definition) is 0. The van der Waals surface area contributed by atoms with Gasteiger partial charge in [-0.15, -0.1) is 11.6 Å². The molecule has 0 saturated carbocycles. The van der Waals surface area contributed by atoms with E-state index in [1.165, 1.54) is 0 Å². The van der Waals surface area contributed by atoms with Crippen LogP contribution in [-0.2, 0) is 5.88 Å². The normalized spacial score (nSPS) is 10.3. The predicted molar refractivity (Wildman–Crippen MR) is 57.0 cm³/mol. The number of hydrogen-bond acceptors (Lipinski definition) is 2. The van der Waals surface area contributed by atoms with Crippen molar-refractivity contribution in [2.75, 3.05) is 0 Å². The Morgan fingerprint density at radius 1 is 1.27 bits per heavy atom. The number of pyridine rings is 2. The molecule has 0 aliphatic heterocycles. The molecule has 76 valence electrons. The minimum atomic E-state index is -0.513. The van der Waals surface area contributed by atoms with Crippen LogP contribution in [-0.4, -0.2) is 9.97 Å².